The Hall–Kier alpha value is 1.31. The fraction of sp³-hybridized carbons (Fsp3) is 0. The molecule has 0 saturated carbocycles. The Morgan fingerprint density at radius 3 is 1.80 bits per heavy atom. The molecular formula is H10BLiSi3. The largest absolute Gasteiger partial charge is 1.00 e. The van der Waals surface area contributed by atoms with E-state index in [2.05, 4.69) is 0 Å². The van der Waals surface area contributed by atoms with Crippen molar-refractivity contribution < 1.29 is 18.9 Å². The van der Waals surface area contributed by atoms with Crippen molar-refractivity contribution in [2.45, 2.75) is 0 Å². The first kappa shape index (κ1) is 9.58. The summed E-state index contributed by atoms with van der Waals surface area (Å²) in [6.07, 6.45) is 0. The van der Waals surface area contributed by atoms with Crippen molar-refractivity contribution in [1.82, 2.24) is 0 Å². The fourth-order valence-electron chi connectivity index (χ4n) is 0. The van der Waals surface area contributed by atoms with Gasteiger partial charge in [-0.15, -0.1) is 8.91 Å². The first-order valence-corrected chi connectivity index (χ1v) is 10.9. The zero-order valence-electron chi connectivity index (χ0n) is 3.41. The normalized spacial score (nSPS) is 11.4. The van der Waals surface area contributed by atoms with E-state index in [1.54, 1.807) is 9.76 Å². The molecule has 0 aliphatic heterocycles. The SMILES string of the molecule is [BH3-][SiH2][SiH2][SiH3].[Li+]. The molecule has 0 aliphatic carbocycles. The quantitative estimate of drug-likeness (QED) is 0.296. The maximum absolute atomic E-state index is 1.65. The summed E-state index contributed by atoms with van der Waals surface area (Å²) in [4.78, 5) is 0. The molecule has 0 aromatic carbocycles. The van der Waals surface area contributed by atoms with Crippen LogP contribution in [0.15, 0.2) is 0 Å². The molecule has 0 saturated heterocycles. The Morgan fingerprint density at radius 2 is 1.80 bits per heavy atom. The topological polar surface area (TPSA) is 0 Å². The van der Waals surface area contributed by atoms with Crippen LogP contribution in [0.1, 0.15) is 0 Å². The average molecular weight is 112 g/mol. The first-order valence-electron chi connectivity index (χ1n) is 1.21. The Bertz CT molecular complexity index is 8.85. The molecule has 5 heavy (non-hydrogen) atoms. The molecule has 0 atom stereocenters. The second-order valence-electron chi connectivity index (χ2n) is 0.500. The van der Waals surface area contributed by atoms with Gasteiger partial charge in [0, 0.05) is 0 Å². The van der Waals surface area contributed by atoms with Gasteiger partial charge in [-0.05, 0) is 18.3 Å². The van der Waals surface area contributed by atoms with Gasteiger partial charge in [-0.1, -0.05) is 7.44 Å². The van der Waals surface area contributed by atoms with Gasteiger partial charge in [0.05, 0.1) is 0 Å². The molecule has 5 heteroatoms. The van der Waals surface area contributed by atoms with Crippen molar-refractivity contribution in [3.05, 3.63) is 0 Å². The van der Waals surface area contributed by atoms with Gasteiger partial charge in [0.2, 0.25) is 0 Å². The van der Waals surface area contributed by atoms with Crippen LogP contribution in [0, 0.1) is 0 Å². The molecule has 0 aromatic rings. The zero-order chi connectivity index (χ0) is 3.41. The monoisotopic (exact) mass is 112 g/mol. The van der Waals surface area contributed by atoms with Crippen LogP contribution in [-0.2, 0) is 0 Å². The number of hydrogen-bond acceptors (Lipinski definition) is 0. The van der Waals surface area contributed by atoms with Crippen LogP contribution < -0.4 is 18.9 Å². The van der Waals surface area contributed by atoms with E-state index in [0.717, 1.165) is 24.9 Å². The summed E-state index contributed by atoms with van der Waals surface area (Å²) < 4.78 is 0. The van der Waals surface area contributed by atoms with E-state index < -0.39 is 0 Å². The summed E-state index contributed by atoms with van der Waals surface area (Å²) in [6.45, 7) is 0. The standard InChI is InChI=1S/BH10Si3.Li/c1-3-4-2;/h3-4H2,1-2H3;/q-1;+1. The van der Waals surface area contributed by atoms with Gasteiger partial charge in [-0.3, -0.25) is 0 Å². The van der Waals surface area contributed by atoms with Crippen molar-refractivity contribution in [1.29, 1.82) is 0 Å². The molecule has 0 bridgehead atoms. The second-order valence-corrected chi connectivity index (χ2v) is 13.5. The average Bonchev–Trinajstić information content (AvgIpc) is 1.37. The third-order valence-corrected chi connectivity index (χ3v) is 0. The van der Waals surface area contributed by atoms with Crippen molar-refractivity contribution in [2.75, 3.05) is 0 Å². The summed E-state index contributed by atoms with van der Waals surface area (Å²) in [5.41, 5.74) is 0. The molecule has 0 unspecified atom stereocenters. The molecule has 0 nitrogen and oxygen atoms in total. The van der Waals surface area contributed by atoms with Gasteiger partial charge in [-0.2, -0.15) is 0 Å². The van der Waals surface area contributed by atoms with Gasteiger partial charge in [-0.25, -0.2) is 0 Å². The summed E-state index contributed by atoms with van der Waals surface area (Å²) in [5.74, 6) is 0. The van der Waals surface area contributed by atoms with Crippen molar-refractivity contribution >= 4 is 34.7 Å². The summed E-state index contributed by atoms with van der Waals surface area (Å²) in [7, 11) is 4.33. The number of rotatable bonds is 1. The summed E-state index contributed by atoms with van der Waals surface area (Å²) in [6, 6.07) is 0. The van der Waals surface area contributed by atoms with E-state index >= 15 is 0 Å². The zero-order valence-corrected chi connectivity index (χ0v) is 8.24. The van der Waals surface area contributed by atoms with E-state index in [0.29, 0.717) is 0 Å². The Balaban J connectivity index is 0. The van der Waals surface area contributed by atoms with Crippen molar-refractivity contribution in [3.63, 3.8) is 0 Å². The van der Waals surface area contributed by atoms with E-state index in [1.165, 1.54) is 0 Å². The molecule has 0 radical (unpaired) electrons. The van der Waals surface area contributed by atoms with Crippen LogP contribution in [0.5, 0.6) is 0 Å². The molecule has 0 aliphatic rings. The molecule has 0 heterocycles. The minimum atomic E-state index is 0. The van der Waals surface area contributed by atoms with Crippen LogP contribution in [0.3, 0.4) is 0 Å². The minimum Gasteiger partial charge on any atom is -0.143 e. The summed E-state index contributed by atoms with van der Waals surface area (Å²) >= 11 is 0. The van der Waals surface area contributed by atoms with Gasteiger partial charge in [0.25, 0.3) is 0 Å². The smallest absolute Gasteiger partial charge is 0.143 e. The van der Waals surface area contributed by atoms with Crippen LogP contribution in [-0.4, -0.2) is 34.7 Å². The molecule has 0 aromatic heterocycles. The predicted molar refractivity (Wildman–Crippen MR) is 37.0 cm³/mol. The maximum atomic E-state index is 1.65. The molecule has 0 amide bonds. The van der Waals surface area contributed by atoms with Gasteiger partial charge >= 0.3 is 18.9 Å². The van der Waals surface area contributed by atoms with Crippen molar-refractivity contribution in [3.8, 4) is 0 Å². The van der Waals surface area contributed by atoms with Crippen LogP contribution >= 0.6 is 0 Å². The Kier molecular flexibility index (Phi) is 17.3. The Labute approximate surface area is 53.7 Å². The second kappa shape index (κ2) is 9.00. The predicted octanol–water partition coefficient (Wildman–Crippen LogP) is -7.20. The van der Waals surface area contributed by atoms with E-state index in [4.69, 9.17) is 0 Å². The van der Waals surface area contributed by atoms with E-state index in [1.807, 2.05) is 0 Å². The molecular weight excluding hydrogens is 102 g/mol. The minimum absolute atomic E-state index is 0. The molecule has 0 spiro atoms. The van der Waals surface area contributed by atoms with Crippen LogP contribution in [0.4, 0.5) is 0 Å². The fourth-order valence-corrected chi connectivity index (χ4v) is 0. The third-order valence-electron chi connectivity index (χ3n) is 0. The Morgan fingerprint density at radius 1 is 1.60 bits per heavy atom. The van der Waals surface area contributed by atoms with E-state index in [-0.39, 0.29) is 18.9 Å². The van der Waals surface area contributed by atoms with Crippen molar-refractivity contribution in [2.24, 2.45) is 0 Å². The summed E-state index contributed by atoms with van der Waals surface area (Å²) in [5, 5.41) is 0. The third kappa shape index (κ3) is 10.9. The van der Waals surface area contributed by atoms with Crippen LogP contribution in [0.2, 0.25) is 0 Å². The molecule has 26 valence electrons. The van der Waals surface area contributed by atoms with Gasteiger partial charge in [0.1, 0.15) is 0 Å². The molecule has 0 rings (SSSR count). The van der Waals surface area contributed by atoms with Gasteiger partial charge < -0.3 is 0 Å². The van der Waals surface area contributed by atoms with E-state index in [9.17, 15) is 0 Å². The molecule has 0 fully saturated rings. The first-order chi connectivity index (χ1) is 1.91. The molecule has 0 N–H and O–H groups in total. The maximum Gasteiger partial charge on any atom is 1.00 e. The van der Waals surface area contributed by atoms with Gasteiger partial charge in [0.15, 0.2) is 0 Å². The number of hydrogen-bond donors (Lipinski definition) is 0. The van der Waals surface area contributed by atoms with Crippen LogP contribution in [0.25, 0.3) is 0 Å².